The quantitative estimate of drug-likeness (QED) is 0.407. The molecule has 9 nitrogen and oxygen atoms in total. The van der Waals surface area contributed by atoms with E-state index in [2.05, 4.69) is 21.1 Å². The van der Waals surface area contributed by atoms with Crippen LogP contribution >= 0.6 is 0 Å². The van der Waals surface area contributed by atoms with Crippen LogP contribution in [-0.2, 0) is 4.79 Å². The van der Waals surface area contributed by atoms with E-state index < -0.39 is 11.9 Å². The van der Waals surface area contributed by atoms with Crippen molar-refractivity contribution in [3.8, 4) is 11.3 Å². The van der Waals surface area contributed by atoms with Gasteiger partial charge < -0.3 is 25.6 Å². The zero-order valence-corrected chi connectivity index (χ0v) is 16.8. The van der Waals surface area contributed by atoms with Crippen molar-refractivity contribution >= 4 is 29.3 Å². The van der Waals surface area contributed by atoms with Gasteiger partial charge in [-0.2, -0.15) is 0 Å². The Hall–Kier alpha value is -4.14. The van der Waals surface area contributed by atoms with Crippen LogP contribution in [0, 0.1) is 6.92 Å². The van der Waals surface area contributed by atoms with E-state index in [1.165, 1.54) is 6.07 Å². The first kappa shape index (κ1) is 21.6. The molecule has 0 aliphatic carbocycles. The molecule has 3 aromatic rings. The van der Waals surface area contributed by atoms with Crippen molar-refractivity contribution in [1.82, 2.24) is 10.5 Å². The Morgan fingerprint density at radius 2 is 1.58 bits per heavy atom. The number of nitrogens with zero attached hydrogens (tertiary/aromatic N) is 1. The van der Waals surface area contributed by atoms with Crippen molar-refractivity contribution < 1.29 is 24.0 Å². The van der Waals surface area contributed by atoms with E-state index >= 15 is 0 Å². The molecular formula is C22H22N4O5. The maximum absolute atomic E-state index is 12.1. The predicted molar refractivity (Wildman–Crippen MR) is 115 cm³/mol. The molecule has 4 N–H and O–H groups in total. The van der Waals surface area contributed by atoms with Crippen LogP contribution in [0.15, 0.2) is 59.1 Å². The maximum atomic E-state index is 12.1. The molecule has 0 spiro atoms. The highest BCUT2D eigenvalue weighted by atomic mass is 16.5. The Balaban J connectivity index is 1.54. The molecule has 0 aliphatic heterocycles. The number of anilines is 2. The van der Waals surface area contributed by atoms with Crippen LogP contribution in [0.2, 0.25) is 0 Å². The number of carbonyl (C=O) groups is 3. The standard InChI is InChI=1S/C22H22N4O5/c1-14-4-8-16(9-5-14)24-22(30)25-17-10-6-15(7-11-17)18-13-19(31-26-18)21(29)23-12-2-3-20(27)28/h4-11,13H,2-3,12H2,1H3,(H,23,29)(H,27,28)(H2,24,25,30). The largest absolute Gasteiger partial charge is 0.481 e. The average molecular weight is 422 g/mol. The van der Waals surface area contributed by atoms with Crippen molar-refractivity contribution in [3.63, 3.8) is 0 Å². The van der Waals surface area contributed by atoms with E-state index in [-0.39, 0.29) is 24.8 Å². The van der Waals surface area contributed by atoms with Gasteiger partial charge in [-0.15, -0.1) is 0 Å². The van der Waals surface area contributed by atoms with Gasteiger partial charge in [-0.25, -0.2) is 4.79 Å². The van der Waals surface area contributed by atoms with Gasteiger partial charge in [0.15, 0.2) is 0 Å². The fourth-order valence-corrected chi connectivity index (χ4v) is 2.70. The van der Waals surface area contributed by atoms with Gasteiger partial charge >= 0.3 is 12.0 Å². The monoisotopic (exact) mass is 422 g/mol. The van der Waals surface area contributed by atoms with Gasteiger partial charge in [0.25, 0.3) is 5.91 Å². The highest BCUT2D eigenvalue weighted by Gasteiger charge is 2.14. The van der Waals surface area contributed by atoms with Crippen LogP contribution < -0.4 is 16.0 Å². The third kappa shape index (κ3) is 6.43. The lowest BCUT2D eigenvalue weighted by Crippen LogP contribution is -2.24. The summed E-state index contributed by atoms with van der Waals surface area (Å²) >= 11 is 0. The smallest absolute Gasteiger partial charge is 0.323 e. The molecule has 3 amide bonds. The van der Waals surface area contributed by atoms with E-state index in [1.807, 2.05) is 31.2 Å². The molecular weight excluding hydrogens is 400 g/mol. The van der Waals surface area contributed by atoms with E-state index in [4.69, 9.17) is 9.63 Å². The number of rotatable bonds is 8. The number of benzene rings is 2. The molecule has 0 saturated heterocycles. The van der Waals surface area contributed by atoms with Crippen molar-refractivity contribution in [3.05, 3.63) is 65.9 Å². The summed E-state index contributed by atoms with van der Waals surface area (Å²) in [7, 11) is 0. The minimum absolute atomic E-state index is 0.0225. The molecule has 160 valence electrons. The summed E-state index contributed by atoms with van der Waals surface area (Å²) < 4.78 is 5.07. The van der Waals surface area contributed by atoms with Gasteiger partial charge in [0.2, 0.25) is 5.76 Å². The van der Waals surface area contributed by atoms with E-state index in [0.29, 0.717) is 29.1 Å². The van der Waals surface area contributed by atoms with Gasteiger partial charge in [-0.1, -0.05) is 35.0 Å². The van der Waals surface area contributed by atoms with Crippen LogP contribution in [0.25, 0.3) is 11.3 Å². The first-order valence-electron chi connectivity index (χ1n) is 9.62. The van der Waals surface area contributed by atoms with Crippen molar-refractivity contribution in [2.45, 2.75) is 19.8 Å². The number of hydrogen-bond acceptors (Lipinski definition) is 5. The van der Waals surface area contributed by atoms with Crippen LogP contribution in [0.4, 0.5) is 16.2 Å². The van der Waals surface area contributed by atoms with Crippen LogP contribution in [0.1, 0.15) is 29.0 Å². The number of aromatic nitrogens is 1. The van der Waals surface area contributed by atoms with Crippen LogP contribution in [0.5, 0.6) is 0 Å². The predicted octanol–water partition coefficient (Wildman–Crippen LogP) is 3.89. The van der Waals surface area contributed by atoms with Gasteiger partial charge in [0.1, 0.15) is 5.69 Å². The molecule has 9 heteroatoms. The Bertz CT molecular complexity index is 1060. The third-order valence-corrected chi connectivity index (χ3v) is 4.33. The number of hydrogen-bond donors (Lipinski definition) is 4. The fraction of sp³-hybridized carbons (Fsp3) is 0.182. The topological polar surface area (TPSA) is 134 Å². The minimum Gasteiger partial charge on any atom is -0.481 e. The lowest BCUT2D eigenvalue weighted by Gasteiger charge is -2.08. The molecule has 1 heterocycles. The van der Waals surface area contributed by atoms with Gasteiger partial charge in [0, 0.05) is 36.0 Å². The second-order valence-electron chi connectivity index (χ2n) is 6.85. The first-order valence-corrected chi connectivity index (χ1v) is 9.62. The molecule has 2 aromatic carbocycles. The number of urea groups is 1. The highest BCUT2D eigenvalue weighted by Crippen LogP contribution is 2.21. The fourth-order valence-electron chi connectivity index (χ4n) is 2.70. The molecule has 3 rings (SSSR count). The first-order chi connectivity index (χ1) is 14.9. The molecule has 0 radical (unpaired) electrons. The number of carboxylic acid groups (broad SMARTS) is 1. The summed E-state index contributed by atoms with van der Waals surface area (Å²) in [6.07, 6.45) is 0.305. The molecule has 0 saturated carbocycles. The summed E-state index contributed by atoms with van der Waals surface area (Å²) in [5.41, 5.74) is 3.56. The molecule has 0 unspecified atom stereocenters. The normalized spacial score (nSPS) is 10.4. The van der Waals surface area contributed by atoms with Crippen molar-refractivity contribution in [2.24, 2.45) is 0 Å². The molecule has 31 heavy (non-hydrogen) atoms. The zero-order chi connectivity index (χ0) is 22.2. The maximum Gasteiger partial charge on any atom is 0.323 e. The number of carbonyl (C=O) groups excluding carboxylic acids is 2. The second kappa shape index (κ2) is 10.1. The summed E-state index contributed by atoms with van der Waals surface area (Å²) in [4.78, 5) is 34.6. The van der Waals surface area contributed by atoms with E-state index in [1.54, 1.807) is 24.3 Å². The summed E-state index contributed by atoms with van der Waals surface area (Å²) in [6, 6.07) is 15.5. The van der Waals surface area contributed by atoms with Gasteiger partial charge in [-0.05, 0) is 37.6 Å². The number of carboxylic acids is 1. The minimum atomic E-state index is -0.915. The Morgan fingerprint density at radius 3 is 2.19 bits per heavy atom. The summed E-state index contributed by atoms with van der Waals surface area (Å²) in [6.45, 7) is 2.20. The third-order valence-electron chi connectivity index (χ3n) is 4.33. The molecule has 0 fully saturated rings. The number of aliphatic carboxylic acids is 1. The molecule has 0 aliphatic rings. The molecule has 1 aromatic heterocycles. The van der Waals surface area contributed by atoms with Crippen LogP contribution in [0.3, 0.4) is 0 Å². The SMILES string of the molecule is Cc1ccc(NC(=O)Nc2ccc(-c3cc(C(=O)NCCCC(=O)O)on3)cc2)cc1. The Morgan fingerprint density at radius 1 is 0.968 bits per heavy atom. The highest BCUT2D eigenvalue weighted by molar-refractivity contribution is 5.99. The molecule has 0 bridgehead atoms. The Kier molecular flexibility index (Phi) is 7.00. The molecule has 0 atom stereocenters. The van der Waals surface area contributed by atoms with E-state index in [9.17, 15) is 14.4 Å². The van der Waals surface area contributed by atoms with Gasteiger partial charge in [-0.3, -0.25) is 9.59 Å². The summed E-state index contributed by atoms with van der Waals surface area (Å²) in [5, 5.41) is 20.6. The Labute approximate surface area is 178 Å². The van der Waals surface area contributed by atoms with Crippen molar-refractivity contribution in [2.75, 3.05) is 17.2 Å². The lowest BCUT2D eigenvalue weighted by atomic mass is 10.1. The van der Waals surface area contributed by atoms with E-state index in [0.717, 1.165) is 5.56 Å². The number of amides is 3. The van der Waals surface area contributed by atoms with Gasteiger partial charge in [0.05, 0.1) is 0 Å². The van der Waals surface area contributed by atoms with Crippen molar-refractivity contribution in [1.29, 1.82) is 0 Å². The number of nitrogens with one attached hydrogen (secondary N) is 3. The zero-order valence-electron chi connectivity index (χ0n) is 16.8. The average Bonchev–Trinajstić information content (AvgIpc) is 3.23. The summed E-state index contributed by atoms with van der Waals surface area (Å²) in [5.74, 6) is -1.35. The second-order valence-corrected chi connectivity index (χ2v) is 6.85. The number of aryl methyl sites for hydroxylation is 1. The van der Waals surface area contributed by atoms with Crippen LogP contribution in [-0.4, -0.2) is 34.7 Å². The lowest BCUT2D eigenvalue weighted by molar-refractivity contribution is -0.137.